The molecule has 0 aliphatic carbocycles. The normalized spacial score (nSPS) is 24.6. The van der Waals surface area contributed by atoms with Crippen molar-refractivity contribution < 1.29 is 8.78 Å². The average molecular weight is 360 g/mol. The highest BCUT2D eigenvalue weighted by Gasteiger charge is 2.26. The molecule has 1 aromatic carbocycles. The predicted molar refractivity (Wildman–Crippen MR) is 82.2 cm³/mol. The van der Waals surface area contributed by atoms with Gasteiger partial charge in [0.1, 0.15) is 11.6 Å². The fourth-order valence-electron chi connectivity index (χ4n) is 3.18. The van der Waals surface area contributed by atoms with E-state index >= 15 is 0 Å². The van der Waals surface area contributed by atoms with Gasteiger partial charge in [-0.3, -0.25) is 9.80 Å². The first kappa shape index (κ1) is 15.3. The molecular weight excluding hydrogens is 340 g/mol. The monoisotopic (exact) mass is 359 g/mol. The summed E-state index contributed by atoms with van der Waals surface area (Å²) < 4.78 is 28.1. The smallest absolute Gasteiger partial charge is 0.144 e. The van der Waals surface area contributed by atoms with Crippen LogP contribution in [0.4, 0.5) is 8.78 Å². The molecule has 0 saturated carbocycles. The molecule has 116 valence electrons. The predicted octanol–water partition coefficient (Wildman–Crippen LogP) is 2.21. The number of rotatable bonds is 3. The van der Waals surface area contributed by atoms with E-state index in [2.05, 4.69) is 31.0 Å². The summed E-state index contributed by atoms with van der Waals surface area (Å²) in [6.45, 7) is 6.18. The Morgan fingerprint density at radius 2 is 1.95 bits per heavy atom. The van der Waals surface area contributed by atoms with Gasteiger partial charge in [-0.2, -0.15) is 0 Å². The van der Waals surface area contributed by atoms with Crippen LogP contribution in [0.2, 0.25) is 0 Å². The quantitative estimate of drug-likeness (QED) is 0.834. The Kier molecular flexibility index (Phi) is 4.88. The summed E-state index contributed by atoms with van der Waals surface area (Å²) in [6, 6.07) is 3.37. The van der Waals surface area contributed by atoms with E-state index in [1.165, 1.54) is 18.6 Å². The van der Waals surface area contributed by atoms with Crippen LogP contribution in [0.15, 0.2) is 16.6 Å². The van der Waals surface area contributed by atoms with Gasteiger partial charge in [-0.15, -0.1) is 0 Å². The van der Waals surface area contributed by atoms with Crippen molar-refractivity contribution in [1.82, 2.24) is 15.1 Å². The standard InChI is InChI=1S/C15H20BrF2N3/c16-13-1-2-14(17)12(15(13)18)10-20-5-7-21(8-6-20)11-3-4-19-9-11/h1-2,11,19H,3-10H2. The van der Waals surface area contributed by atoms with E-state index in [1.807, 2.05) is 0 Å². The number of nitrogens with one attached hydrogen (secondary N) is 1. The fourth-order valence-corrected chi connectivity index (χ4v) is 3.55. The Hall–Kier alpha value is -0.560. The fraction of sp³-hybridized carbons (Fsp3) is 0.600. The minimum Gasteiger partial charge on any atom is -0.315 e. The lowest BCUT2D eigenvalue weighted by atomic mass is 10.1. The summed E-state index contributed by atoms with van der Waals surface area (Å²) in [7, 11) is 0. The molecule has 0 amide bonds. The molecule has 21 heavy (non-hydrogen) atoms. The second kappa shape index (κ2) is 6.69. The summed E-state index contributed by atoms with van der Waals surface area (Å²) >= 11 is 3.12. The Morgan fingerprint density at radius 3 is 2.62 bits per heavy atom. The maximum atomic E-state index is 14.0. The molecule has 1 N–H and O–H groups in total. The van der Waals surface area contributed by atoms with E-state index < -0.39 is 11.6 Å². The third kappa shape index (κ3) is 3.44. The molecule has 0 bridgehead atoms. The van der Waals surface area contributed by atoms with E-state index in [4.69, 9.17) is 0 Å². The lowest BCUT2D eigenvalue weighted by Crippen LogP contribution is -2.50. The molecular formula is C15H20BrF2N3. The summed E-state index contributed by atoms with van der Waals surface area (Å²) in [5.41, 5.74) is 0.167. The van der Waals surface area contributed by atoms with Crippen molar-refractivity contribution in [1.29, 1.82) is 0 Å². The molecule has 3 nitrogen and oxygen atoms in total. The van der Waals surface area contributed by atoms with Crippen molar-refractivity contribution in [2.45, 2.75) is 19.0 Å². The molecule has 2 aliphatic heterocycles. The minimum absolute atomic E-state index is 0.167. The Morgan fingerprint density at radius 1 is 1.19 bits per heavy atom. The van der Waals surface area contributed by atoms with Crippen LogP contribution in [0.1, 0.15) is 12.0 Å². The van der Waals surface area contributed by atoms with E-state index in [-0.39, 0.29) is 5.56 Å². The van der Waals surface area contributed by atoms with Gasteiger partial charge in [-0.25, -0.2) is 8.78 Å². The first-order chi connectivity index (χ1) is 10.1. The zero-order chi connectivity index (χ0) is 14.8. The number of halogens is 3. The van der Waals surface area contributed by atoms with Gasteiger partial charge in [0, 0.05) is 50.9 Å². The van der Waals surface area contributed by atoms with E-state index in [0.717, 1.165) is 39.3 Å². The summed E-state index contributed by atoms with van der Waals surface area (Å²) in [5, 5.41) is 3.38. The zero-order valence-corrected chi connectivity index (χ0v) is 13.5. The topological polar surface area (TPSA) is 18.5 Å². The minimum atomic E-state index is -0.475. The van der Waals surface area contributed by atoms with Crippen LogP contribution in [0, 0.1) is 11.6 Å². The lowest BCUT2D eigenvalue weighted by Gasteiger charge is -2.37. The third-order valence-corrected chi connectivity index (χ3v) is 5.09. The first-order valence-corrected chi connectivity index (χ1v) is 8.24. The maximum Gasteiger partial charge on any atom is 0.144 e. The molecule has 6 heteroatoms. The highest BCUT2D eigenvalue weighted by atomic mass is 79.9. The van der Waals surface area contributed by atoms with Crippen molar-refractivity contribution >= 4 is 15.9 Å². The van der Waals surface area contributed by atoms with Gasteiger partial charge >= 0.3 is 0 Å². The molecule has 1 aromatic rings. The second-order valence-electron chi connectivity index (χ2n) is 5.78. The molecule has 1 atom stereocenters. The van der Waals surface area contributed by atoms with Crippen LogP contribution in [0.3, 0.4) is 0 Å². The van der Waals surface area contributed by atoms with Crippen molar-refractivity contribution in [2.75, 3.05) is 39.3 Å². The molecule has 2 saturated heterocycles. The average Bonchev–Trinajstić information content (AvgIpc) is 3.03. The summed E-state index contributed by atoms with van der Waals surface area (Å²) in [6.07, 6.45) is 1.20. The largest absolute Gasteiger partial charge is 0.315 e. The Balaban J connectivity index is 1.59. The summed E-state index contributed by atoms with van der Waals surface area (Å²) in [4.78, 5) is 4.62. The number of piperazine rings is 1. The maximum absolute atomic E-state index is 14.0. The van der Waals surface area contributed by atoms with Gasteiger partial charge in [0.05, 0.1) is 4.47 Å². The molecule has 2 aliphatic rings. The number of nitrogens with zero attached hydrogens (tertiary/aromatic N) is 2. The number of hydrogen-bond acceptors (Lipinski definition) is 3. The van der Waals surface area contributed by atoms with Gasteiger partial charge in [-0.05, 0) is 41.0 Å². The first-order valence-electron chi connectivity index (χ1n) is 7.44. The van der Waals surface area contributed by atoms with Crippen molar-refractivity contribution in [2.24, 2.45) is 0 Å². The van der Waals surface area contributed by atoms with Gasteiger partial charge in [0.25, 0.3) is 0 Å². The van der Waals surface area contributed by atoms with Gasteiger partial charge in [-0.1, -0.05) is 0 Å². The van der Waals surface area contributed by atoms with Gasteiger partial charge in [0.15, 0.2) is 0 Å². The van der Waals surface area contributed by atoms with Crippen LogP contribution < -0.4 is 5.32 Å². The zero-order valence-electron chi connectivity index (χ0n) is 11.9. The molecule has 0 spiro atoms. The second-order valence-corrected chi connectivity index (χ2v) is 6.63. The molecule has 3 rings (SSSR count). The molecule has 2 fully saturated rings. The van der Waals surface area contributed by atoms with Crippen LogP contribution in [-0.2, 0) is 6.54 Å². The molecule has 0 aromatic heterocycles. The third-order valence-electron chi connectivity index (χ3n) is 4.48. The van der Waals surface area contributed by atoms with Crippen LogP contribution in [-0.4, -0.2) is 55.1 Å². The number of benzene rings is 1. The van der Waals surface area contributed by atoms with Crippen molar-refractivity contribution in [3.8, 4) is 0 Å². The highest BCUT2D eigenvalue weighted by Crippen LogP contribution is 2.23. The van der Waals surface area contributed by atoms with E-state index in [0.29, 0.717) is 17.1 Å². The van der Waals surface area contributed by atoms with Crippen LogP contribution in [0.5, 0.6) is 0 Å². The van der Waals surface area contributed by atoms with Gasteiger partial charge < -0.3 is 5.32 Å². The highest BCUT2D eigenvalue weighted by molar-refractivity contribution is 9.10. The van der Waals surface area contributed by atoms with E-state index in [1.54, 1.807) is 0 Å². The van der Waals surface area contributed by atoms with Crippen LogP contribution >= 0.6 is 15.9 Å². The lowest BCUT2D eigenvalue weighted by molar-refractivity contribution is 0.0966. The summed E-state index contributed by atoms with van der Waals surface area (Å²) in [5.74, 6) is -0.935. The Bertz CT molecular complexity index is 498. The molecule has 0 radical (unpaired) electrons. The van der Waals surface area contributed by atoms with Crippen molar-refractivity contribution in [3.63, 3.8) is 0 Å². The number of hydrogen-bond donors (Lipinski definition) is 1. The Labute approximate surface area is 132 Å². The van der Waals surface area contributed by atoms with Crippen LogP contribution in [0.25, 0.3) is 0 Å². The van der Waals surface area contributed by atoms with E-state index in [9.17, 15) is 8.78 Å². The van der Waals surface area contributed by atoms with Gasteiger partial charge in [0.2, 0.25) is 0 Å². The van der Waals surface area contributed by atoms with Crippen molar-refractivity contribution in [3.05, 3.63) is 33.8 Å². The molecule has 2 heterocycles. The SMILES string of the molecule is Fc1ccc(Br)c(F)c1CN1CCN(C2CCNC2)CC1. The molecule has 1 unspecified atom stereocenters.